The first-order valence-electron chi connectivity index (χ1n) is 12.7. The van der Waals surface area contributed by atoms with Gasteiger partial charge in [0.05, 0.1) is 29.5 Å². The van der Waals surface area contributed by atoms with Crippen molar-refractivity contribution in [1.29, 1.82) is 0 Å². The van der Waals surface area contributed by atoms with E-state index in [0.717, 1.165) is 34.9 Å². The number of methoxy groups -OCH3 is 1. The summed E-state index contributed by atoms with van der Waals surface area (Å²) in [5.74, 6) is -0.438. The smallest absolute Gasteiger partial charge is 0.371 e. The van der Waals surface area contributed by atoms with Crippen LogP contribution in [0.4, 0.5) is 5.13 Å². The fourth-order valence-corrected chi connectivity index (χ4v) is 5.98. The highest BCUT2D eigenvalue weighted by atomic mass is 35.5. The number of aliphatic carboxylic acids is 1. The third kappa shape index (κ3) is 7.32. The molecule has 206 valence electrons. The van der Waals surface area contributed by atoms with Gasteiger partial charge in [0, 0.05) is 27.6 Å². The molecule has 1 aliphatic carbocycles. The second kappa shape index (κ2) is 13.3. The highest BCUT2D eigenvalue weighted by Crippen LogP contribution is 2.34. The number of carbonyl (C=O) groups is 2. The van der Waals surface area contributed by atoms with Crippen LogP contribution in [0.25, 0.3) is 17.3 Å². The standard InChI is InChI=1S/C29H30Cl2N2O5S/c1-17-20(9-6-10-25(17)38-12-11-18-7-4-3-5-8-18)24-16-39-29(32-24)33-27(34)19-13-22(30)21(23(31)14-19)15-26(37-2)28(35)36/h6,9-10,13-16,18H,3-5,7-8,11-12H2,1-2H3,(H,35,36)(H,32,33,34)/b26-15-. The monoisotopic (exact) mass is 588 g/mol. The van der Waals surface area contributed by atoms with Crippen LogP contribution in [0.15, 0.2) is 41.5 Å². The number of rotatable bonds is 10. The normalized spacial score (nSPS) is 14.2. The van der Waals surface area contributed by atoms with Gasteiger partial charge in [-0.1, -0.05) is 67.4 Å². The number of amides is 1. The minimum Gasteiger partial charge on any atom is -0.493 e. The summed E-state index contributed by atoms with van der Waals surface area (Å²) in [4.78, 5) is 28.8. The second-order valence-corrected chi connectivity index (χ2v) is 11.1. The van der Waals surface area contributed by atoms with Crippen molar-refractivity contribution in [3.8, 4) is 17.0 Å². The van der Waals surface area contributed by atoms with Gasteiger partial charge in [0.15, 0.2) is 5.13 Å². The van der Waals surface area contributed by atoms with Gasteiger partial charge in [-0.3, -0.25) is 10.1 Å². The van der Waals surface area contributed by atoms with Gasteiger partial charge in [0.25, 0.3) is 5.91 Å². The van der Waals surface area contributed by atoms with Crippen molar-refractivity contribution in [3.63, 3.8) is 0 Å². The molecule has 0 aliphatic heterocycles. The number of hydrogen-bond donors (Lipinski definition) is 2. The zero-order valence-electron chi connectivity index (χ0n) is 21.8. The molecule has 1 fully saturated rings. The maximum atomic E-state index is 12.9. The van der Waals surface area contributed by atoms with Crippen LogP contribution in [0.3, 0.4) is 0 Å². The molecule has 39 heavy (non-hydrogen) atoms. The first-order chi connectivity index (χ1) is 18.8. The van der Waals surface area contributed by atoms with Crippen LogP contribution in [0.5, 0.6) is 5.75 Å². The molecule has 1 amide bonds. The number of halogens is 2. The zero-order chi connectivity index (χ0) is 27.9. The van der Waals surface area contributed by atoms with E-state index in [1.165, 1.54) is 68.8 Å². The van der Waals surface area contributed by atoms with E-state index in [9.17, 15) is 14.7 Å². The number of carbonyl (C=O) groups excluding carboxylic acids is 1. The third-order valence-corrected chi connectivity index (χ3v) is 8.22. The van der Waals surface area contributed by atoms with E-state index in [1.54, 1.807) is 0 Å². The maximum absolute atomic E-state index is 12.9. The summed E-state index contributed by atoms with van der Waals surface area (Å²) in [6.45, 7) is 2.72. The highest BCUT2D eigenvalue weighted by Gasteiger charge is 2.18. The predicted molar refractivity (Wildman–Crippen MR) is 156 cm³/mol. The molecular formula is C29H30Cl2N2O5S. The quantitative estimate of drug-likeness (QED) is 0.183. The lowest BCUT2D eigenvalue weighted by Gasteiger charge is -2.21. The number of carboxylic acids is 1. The van der Waals surface area contributed by atoms with Crippen LogP contribution in [0, 0.1) is 12.8 Å². The van der Waals surface area contributed by atoms with Gasteiger partial charge in [0.1, 0.15) is 5.75 Å². The van der Waals surface area contributed by atoms with Crippen LogP contribution in [-0.4, -0.2) is 35.7 Å². The lowest BCUT2D eigenvalue weighted by molar-refractivity contribution is -0.135. The minimum absolute atomic E-state index is 0.110. The molecule has 1 saturated carbocycles. The first kappa shape index (κ1) is 28.9. The molecule has 2 aromatic carbocycles. The molecule has 1 aliphatic rings. The number of carboxylic acid groups (broad SMARTS) is 1. The van der Waals surface area contributed by atoms with E-state index >= 15 is 0 Å². The number of benzene rings is 2. The number of thiazole rings is 1. The third-order valence-electron chi connectivity index (χ3n) is 6.84. The molecule has 2 N–H and O–H groups in total. The van der Waals surface area contributed by atoms with E-state index in [2.05, 4.69) is 10.3 Å². The number of anilines is 1. The fraction of sp³-hybridized carbons (Fsp3) is 0.345. The summed E-state index contributed by atoms with van der Waals surface area (Å²) in [5.41, 5.74) is 3.13. The number of nitrogens with zero attached hydrogens (tertiary/aromatic N) is 1. The van der Waals surface area contributed by atoms with Crippen molar-refractivity contribution >= 4 is 57.6 Å². The van der Waals surface area contributed by atoms with E-state index in [4.69, 9.17) is 32.7 Å². The molecule has 1 heterocycles. The Morgan fingerprint density at radius 2 is 1.90 bits per heavy atom. The molecule has 0 spiro atoms. The Balaban J connectivity index is 1.44. The summed E-state index contributed by atoms with van der Waals surface area (Å²) >= 11 is 13.9. The number of nitrogens with one attached hydrogen (secondary N) is 1. The summed E-state index contributed by atoms with van der Waals surface area (Å²) in [5, 5.41) is 14.5. The Hall–Kier alpha value is -3.07. The molecular weight excluding hydrogens is 559 g/mol. The molecule has 1 aromatic heterocycles. The predicted octanol–water partition coefficient (Wildman–Crippen LogP) is 8.10. The van der Waals surface area contributed by atoms with E-state index in [-0.39, 0.29) is 26.9 Å². The topological polar surface area (TPSA) is 97.8 Å². The Labute approximate surface area is 241 Å². The van der Waals surface area contributed by atoms with Crippen molar-refractivity contribution in [2.45, 2.75) is 45.4 Å². The molecule has 10 heteroatoms. The molecule has 0 unspecified atom stereocenters. The van der Waals surface area contributed by atoms with Crippen molar-refractivity contribution in [3.05, 3.63) is 68.2 Å². The molecule has 0 radical (unpaired) electrons. The largest absolute Gasteiger partial charge is 0.493 e. The summed E-state index contributed by atoms with van der Waals surface area (Å²) in [6.07, 6.45) is 8.89. The number of hydrogen-bond acceptors (Lipinski definition) is 6. The Morgan fingerprint density at radius 3 is 2.56 bits per heavy atom. The van der Waals surface area contributed by atoms with Crippen molar-refractivity contribution < 1.29 is 24.2 Å². The van der Waals surface area contributed by atoms with E-state index < -0.39 is 11.9 Å². The molecule has 0 atom stereocenters. The zero-order valence-corrected chi connectivity index (χ0v) is 24.1. The van der Waals surface area contributed by atoms with E-state index in [0.29, 0.717) is 11.7 Å². The van der Waals surface area contributed by atoms with Gasteiger partial charge in [-0.15, -0.1) is 11.3 Å². The second-order valence-electron chi connectivity index (χ2n) is 9.43. The average Bonchev–Trinajstić information content (AvgIpc) is 3.37. The average molecular weight is 590 g/mol. The molecule has 0 saturated heterocycles. The summed E-state index contributed by atoms with van der Waals surface area (Å²) in [7, 11) is 1.23. The van der Waals surface area contributed by atoms with Crippen molar-refractivity contribution in [1.82, 2.24) is 4.98 Å². The lowest BCUT2D eigenvalue weighted by Crippen LogP contribution is -2.12. The van der Waals surface area contributed by atoms with Crippen molar-refractivity contribution in [2.75, 3.05) is 19.0 Å². The Bertz CT molecular complexity index is 1360. The molecule has 0 bridgehead atoms. The van der Waals surface area contributed by atoms with Gasteiger partial charge < -0.3 is 14.6 Å². The molecule has 7 nitrogen and oxygen atoms in total. The maximum Gasteiger partial charge on any atom is 0.371 e. The van der Waals surface area contributed by atoms with Crippen LogP contribution in [-0.2, 0) is 9.53 Å². The fourth-order valence-electron chi connectivity index (χ4n) is 4.68. The first-order valence-corrected chi connectivity index (χ1v) is 14.4. The lowest BCUT2D eigenvalue weighted by atomic mass is 9.87. The van der Waals surface area contributed by atoms with Crippen LogP contribution < -0.4 is 10.1 Å². The van der Waals surface area contributed by atoms with Crippen LogP contribution >= 0.6 is 34.5 Å². The van der Waals surface area contributed by atoms with Crippen LogP contribution in [0.2, 0.25) is 10.0 Å². The van der Waals surface area contributed by atoms with Gasteiger partial charge in [-0.25, -0.2) is 9.78 Å². The van der Waals surface area contributed by atoms with Crippen molar-refractivity contribution in [2.24, 2.45) is 5.92 Å². The highest BCUT2D eigenvalue weighted by molar-refractivity contribution is 7.14. The molecule has 3 aromatic rings. The number of aromatic nitrogens is 1. The van der Waals surface area contributed by atoms with Gasteiger partial charge >= 0.3 is 5.97 Å². The van der Waals surface area contributed by atoms with E-state index in [1.807, 2.05) is 30.5 Å². The van der Waals surface area contributed by atoms with Gasteiger partial charge in [0.2, 0.25) is 5.76 Å². The molecule has 4 rings (SSSR count). The summed E-state index contributed by atoms with van der Waals surface area (Å²) < 4.78 is 11.0. The number of ether oxygens (including phenoxy) is 2. The van der Waals surface area contributed by atoms with Gasteiger partial charge in [-0.2, -0.15) is 0 Å². The van der Waals surface area contributed by atoms with Crippen LogP contribution in [0.1, 0.15) is 60.0 Å². The summed E-state index contributed by atoms with van der Waals surface area (Å²) in [6, 6.07) is 8.75. The minimum atomic E-state index is -1.27. The van der Waals surface area contributed by atoms with Gasteiger partial charge in [-0.05, 0) is 43.5 Å². The SMILES string of the molecule is CO/C(=C\c1c(Cl)cc(C(=O)Nc2nc(-c3cccc(OCCC4CCCCC4)c3C)cs2)cc1Cl)C(=O)O. The Morgan fingerprint density at radius 1 is 1.18 bits per heavy atom. The Kier molecular flexibility index (Phi) is 9.88.